The molecule has 2 unspecified atom stereocenters. The first-order valence-electron chi connectivity index (χ1n) is 6.75. The van der Waals surface area contributed by atoms with Crippen LogP contribution in [0, 0.1) is 6.92 Å². The smallest absolute Gasteiger partial charge is 0.236 e. The van der Waals surface area contributed by atoms with Gasteiger partial charge in [0, 0.05) is 13.5 Å². The number of aryl methyl sites for hydroxylation is 1. The number of aromatic nitrogens is 2. The summed E-state index contributed by atoms with van der Waals surface area (Å²) in [5.74, 6) is 0.866. The number of rotatable bonds is 4. The molecule has 1 saturated heterocycles. The van der Waals surface area contributed by atoms with Gasteiger partial charge in [-0.3, -0.25) is 4.72 Å². The number of para-hydroxylation sites is 1. The molecule has 0 bridgehead atoms. The van der Waals surface area contributed by atoms with Crippen molar-refractivity contribution >= 4 is 27.3 Å². The van der Waals surface area contributed by atoms with Crippen LogP contribution >= 0.6 is 11.6 Å². The zero-order chi connectivity index (χ0) is 15.7. The Morgan fingerprint density at radius 3 is 2.82 bits per heavy atom. The molecular weight excluding hydrogens is 328 g/mol. The molecule has 0 aliphatic carbocycles. The molecule has 2 atom stereocenters. The van der Waals surface area contributed by atoms with Gasteiger partial charge in [-0.1, -0.05) is 23.7 Å². The summed E-state index contributed by atoms with van der Waals surface area (Å²) in [5, 5.41) is 10.5. The lowest BCUT2D eigenvalue weighted by Crippen LogP contribution is -2.29. The highest BCUT2D eigenvalue weighted by Crippen LogP contribution is 2.29. The summed E-state index contributed by atoms with van der Waals surface area (Å²) in [6, 6.07) is 6.47. The predicted molar refractivity (Wildman–Crippen MR) is 82.2 cm³/mol. The van der Waals surface area contributed by atoms with Gasteiger partial charge in [0.25, 0.3) is 0 Å². The van der Waals surface area contributed by atoms with Gasteiger partial charge in [0.05, 0.1) is 22.0 Å². The normalized spacial score (nSPS) is 21.9. The minimum atomic E-state index is -3.56. The van der Waals surface area contributed by atoms with Crippen LogP contribution in [0.15, 0.2) is 28.7 Å². The van der Waals surface area contributed by atoms with E-state index in [1.54, 1.807) is 31.2 Å². The lowest BCUT2D eigenvalue weighted by Gasteiger charge is -2.13. The Kier molecular flexibility index (Phi) is 4.07. The largest absolute Gasteiger partial charge is 0.424 e. The Balaban J connectivity index is 1.73. The van der Waals surface area contributed by atoms with Gasteiger partial charge in [0.15, 0.2) is 0 Å². The number of nitrogens with zero attached hydrogens (tertiary/aromatic N) is 2. The van der Waals surface area contributed by atoms with Crippen LogP contribution in [0.4, 0.5) is 5.69 Å². The van der Waals surface area contributed by atoms with Crippen LogP contribution in [0.3, 0.4) is 0 Å². The maximum absolute atomic E-state index is 12.5. The molecule has 3 rings (SSSR count). The lowest BCUT2D eigenvalue weighted by atomic mass is 10.2. The first-order valence-corrected chi connectivity index (χ1v) is 8.67. The number of sulfonamides is 1. The molecule has 1 aromatic carbocycles. The first kappa shape index (κ1) is 15.3. The van der Waals surface area contributed by atoms with Crippen molar-refractivity contribution < 1.29 is 12.8 Å². The van der Waals surface area contributed by atoms with Crippen molar-refractivity contribution in [3.8, 4) is 0 Å². The molecule has 118 valence electrons. The highest BCUT2D eigenvalue weighted by atomic mass is 35.5. The second-order valence-corrected chi connectivity index (χ2v) is 7.47. The summed E-state index contributed by atoms with van der Waals surface area (Å²) in [5.41, 5.74) is 0.376. The fourth-order valence-electron chi connectivity index (χ4n) is 2.36. The zero-order valence-electron chi connectivity index (χ0n) is 11.8. The minimum Gasteiger partial charge on any atom is -0.424 e. The van der Waals surface area contributed by atoms with Crippen molar-refractivity contribution in [2.75, 3.05) is 11.3 Å². The van der Waals surface area contributed by atoms with E-state index in [1.807, 2.05) is 0 Å². The Bertz CT molecular complexity index is 777. The van der Waals surface area contributed by atoms with E-state index in [1.165, 1.54) is 0 Å². The molecule has 1 aromatic heterocycles. The molecule has 2 N–H and O–H groups in total. The van der Waals surface area contributed by atoms with Crippen molar-refractivity contribution in [1.82, 2.24) is 15.5 Å². The van der Waals surface area contributed by atoms with Gasteiger partial charge in [-0.05, 0) is 18.6 Å². The number of nitrogens with one attached hydrogen (secondary N) is 2. The minimum absolute atomic E-state index is 0.256. The molecule has 2 heterocycles. The van der Waals surface area contributed by atoms with Crippen molar-refractivity contribution in [3.05, 3.63) is 41.1 Å². The molecule has 1 aliphatic heterocycles. The van der Waals surface area contributed by atoms with Gasteiger partial charge in [0.1, 0.15) is 0 Å². The number of hydrogen-bond donors (Lipinski definition) is 2. The number of anilines is 1. The summed E-state index contributed by atoms with van der Waals surface area (Å²) in [4.78, 5) is 0. The molecule has 1 fully saturated rings. The van der Waals surface area contributed by atoms with E-state index < -0.39 is 15.3 Å². The van der Waals surface area contributed by atoms with Gasteiger partial charge in [0.2, 0.25) is 21.8 Å². The average Bonchev–Trinajstić information content (AvgIpc) is 3.10. The van der Waals surface area contributed by atoms with Gasteiger partial charge in [-0.25, -0.2) is 8.42 Å². The zero-order valence-corrected chi connectivity index (χ0v) is 13.4. The summed E-state index contributed by atoms with van der Waals surface area (Å²) in [7, 11) is -3.56. The maximum atomic E-state index is 12.5. The molecule has 0 amide bonds. The molecule has 22 heavy (non-hydrogen) atoms. The average molecular weight is 343 g/mol. The summed E-state index contributed by atoms with van der Waals surface area (Å²) in [6.45, 7) is 2.00. The van der Waals surface area contributed by atoms with Gasteiger partial charge in [-0.15, -0.1) is 10.2 Å². The topological polar surface area (TPSA) is 97.1 Å². The summed E-state index contributed by atoms with van der Waals surface area (Å²) in [6.07, 6.45) is 0.363. The fraction of sp³-hybridized carbons (Fsp3) is 0.385. The molecule has 0 spiro atoms. The Labute approximate surface area is 133 Å². The summed E-state index contributed by atoms with van der Waals surface area (Å²) >= 11 is 5.99. The van der Waals surface area contributed by atoms with Crippen molar-refractivity contribution in [1.29, 1.82) is 0 Å². The van der Waals surface area contributed by atoms with E-state index in [-0.39, 0.29) is 6.04 Å². The van der Waals surface area contributed by atoms with E-state index >= 15 is 0 Å². The van der Waals surface area contributed by atoms with Crippen LogP contribution in [-0.2, 0) is 10.0 Å². The SMILES string of the molecule is Cc1nnc(C2CC(S(=O)(=O)Nc3ccccc3Cl)CN2)o1. The molecular formula is C13H15ClN4O3S. The van der Waals surface area contributed by atoms with Gasteiger partial charge in [-0.2, -0.15) is 0 Å². The quantitative estimate of drug-likeness (QED) is 0.880. The highest BCUT2D eigenvalue weighted by molar-refractivity contribution is 7.93. The molecule has 9 heteroatoms. The third kappa shape index (κ3) is 3.08. The van der Waals surface area contributed by atoms with Crippen LogP contribution in [0.5, 0.6) is 0 Å². The van der Waals surface area contributed by atoms with Crippen LogP contribution in [-0.4, -0.2) is 30.4 Å². The van der Waals surface area contributed by atoms with Crippen molar-refractivity contribution in [2.24, 2.45) is 0 Å². The van der Waals surface area contributed by atoms with Crippen LogP contribution < -0.4 is 10.0 Å². The summed E-state index contributed by atoms with van der Waals surface area (Å²) < 4.78 is 32.8. The number of halogens is 1. The van der Waals surface area contributed by atoms with Crippen LogP contribution in [0.2, 0.25) is 5.02 Å². The van der Waals surface area contributed by atoms with E-state index in [4.69, 9.17) is 16.0 Å². The fourth-order valence-corrected chi connectivity index (χ4v) is 4.01. The van der Waals surface area contributed by atoms with Crippen molar-refractivity contribution in [3.63, 3.8) is 0 Å². The van der Waals surface area contributed by atoms with Crippen molar-refractivity contribution in [2.45, 2.75) is 24.6 Å². The van der Waals surface area contributed by atoms with E-state index in [2.05, 4.69) is 20.2 Å². The van der Waals surface area contributed by atoms with Gasteiger partial charge < -0.3 is 9.73 Å². The Morgan fingerprint density at radius 1 is 1.36 bits per heavy atom. The third-order valence-electron chi connectivity index (χ3n) is 3.50. The Morgan fingerprint density at radius 2 is 2.14 bits per heavy atom. The molecule has 0 radical (unpaired) electrons. The number of benzene rings is 1. The Hall–Kier alpha value is -1.64. The molecule has 0 saturated carbocycles. The van der Waals surface area contributed by atoms with Gasteiger partial charge >= 0.3 is 0 Å². The predicted octanol–water partition coefficient (Wildman–Crippen LogP) is 1.88. The number of hydrogen-bond acceptors (Lipinski definition) is 6. The van der Waals surface area contributed by atoms with Crippen LogP contribution in [0.25, 0.3) is 0 Å². The third-order valence-corrected chi connectivity index (χ3v) is 5.57. The molecule has 2 aromatic rings. The van der Waals surface area contributed by atoms with E-state index in [9.17, 15) is 8.42 Å². The van der Waals surface area contributed by atoms with E-state index in [0.717, 1.165) is 0 Å². The molecule has 7 nitrogen and oxygen atoms in total. The second kappa shape index (κ2) is 5.86. The lowest BCUT2D eigenvalue weighted by molar-refractivity contribution is 0.413. The maximum Gasteiger partial charge on any atom is 0.236 e. The highest BCUT2D eigenvalue weighted by Gasteiger charge is 2.37. The monoisotopic (exact) mass is 342 g/mol. The standard InChI is InChI=1S/C13H15ClN4O3S/c1-8-16-17-13(21-8)12-6-9(7-15-12)22(19,20)18-11-5-3-2-4-10(11)14/h2-5,9,12,15,18H,6-7H2,1H3. The second-order valence-electron chi connectivity index (χ2n) is 5.10. The van der Waals surface area contributed by atoms with E-state index in [0.29, 0.717) is 35.5 Å². The first-order chi connectivity index (χ1) is 10.5. The molecule has 1 aliphatic rings. The van der Waals surface area contributed by atoms with Crippen LogP contribution in [0.1, 0.15) is 24.2 Å².